The molecule has 0 bridgehead atoms. The molecule has 1 amide bonds. The van der Waals surface area contributed by atoms with Crippen LogP contribution in [0.5, 0.6) is 0 Å². The molecule has 2 atom stereocenters. The van der Waals surface area contributed by atoms with E-state index in [1.807, 2.05) is 0 Å². The zero-order chi connectivity index (χ0) is 17.4. The van der Waals surface area contributed by atoms with Gasteiger partial charge in [0.05, 0.1) is 11.6 Å². The van der Waals surface area contributed by atoms with Crippen molar-refractivity contribution in [3.05, 3.63) is 52.7 Å². The Morgan fingerprint density at radius 1 is 1.25 bits per heavy atom. The third kappa shape index (κ3) is 2.77. The molecule has 0 unspecified atom stereocenters. The number of carboxylic acids is 1. The predicted molar refractivity (Wildman–Crippen MR) is 82.1 cm³/mol. The largest absolute Gasteiger partial charge is 0.481 e. The number of aromatic nitrogens is 1. The van der Waals surface area contributed by atoms with Crippen LogP contribution in [-0.4, -0.2) is 40.1 Å². The van der Waals surface area contributed by atoms with Crippen LogP contribution in [0.2, 0.25) is 0 Å². The average Bonchev–Trinajstić information content (AvgIpc) is 3.12. The fourth-order valence-corrected chi connectivity index (χ4v) is 3.21. The van der Waals surface area contributed by atoms with Gasteiger partial charge in [-0.05, 0) is 31.5 Å². The highest BCUT2D eigenvalue weighted by Crippen LogP contribution is 2.34. The van der Waals surface area contributed by atoms with Crippen molar-refractivity contribution < 1.29 is 23.6 Å². The van der Waals surface area contributed by atoms with Gasteiger partial charge in [0.2, 0.25) is 0 Å². The molecule has 1 N–H and O–H groups in total. The van der Waals surface area contributed by atoms with Gasteiger partial charge in [-0.2, -0.15) is 0 Å². The maximum atomic E-state index is 13.1. The van der Waals surface area contributed by atoms with Crippen LogP contribution in [0.4, 0.5) is 4.39 Å². The van der Waals surface area contributed by atoms with E-state index in [-0.39, 0.29) is 30.7 Å². The topological polar surface area (TPSA) is 83.6 Å². The summed E-state index contributed by atoms with van der Waals surface area (Å²) in [5.41, 5.74) is 1.56. The Labute approximate surface area is 137 Å². The molecule has 0 aliphatic carbocycles. The van der Waals surface area contributed by atoms with E-state index in [1.165, 1.54) is 17.0 Å². The number of benzene rings is 1. The number of nitrogens with zero attached hydrogens (tertiary/aromatic N) is 2. The molecule has 1 aliphatic rings. The molecule has 0 spiro atoms. The zero-order valence-electron chi connectivity index (χ0n) is 13.3. The molecule has 24 heavy (non-hydrogen) atoms. The zero-order valence-corrected chi connectivity index (χ0v) is 13.3. The molecule has 126 valence electrons. The standard InChI is InChI=1S/C17H17FN2O4/c1-9-15(10(2)24-19-9)16(21)20-7-13(14(8-20)17(22)23)11-3-5-12(18)6-4-11/h3-6,13-14H,7-8H2,1-2H3,(H,22,23)/t13-,14+/m1/s1. The molecule has 2 aromatic rings. The molecule has 0 saturated carbocycles. The maximum absolute atomic E-state index is 13.1. The fourth-order valence-electron chi connectivity index (χ4n) is 3.21. The molecular weight excluding hydrogens is 315 g/mol. The molecule has 7 heteroatoms. The van der Waals surface area contributed by atoms with Crippen LogP contribution in [0.1, 0.15) is 33.3 Å². The molecule has 1 aromatic heterocycles. The lowest BCUT2D eigenvalue weighted by Gasteiger charge is -2.16. The van der Waals surface area contributed by atoms with Crippen molar-refractivity contribution in [3.8, 4) is 0 Å². The monoisotopic (exact) mass is 332 g/mol. The second kappa shape index (κ2) is 6.07. The third-order valence-electron chi connectivity index (χ3n) is 4.47. The molecule has 6 nitrogen and oxygen atoms in total. The van der Waals surface area contributed by atoms with Crippen molar-refractivity contribution in [1.29, 1.82) is 0 Å². The quantitative estimate of drug-likeness (QED) is 0.933. The average molecular weight is 332 g/mol. The highest BCUT2D eigenvalue weighted by molar-refractivity contribution is 5.96. The summed E-state index contributed by atoms with van der Waals surface area (Å²) in [6.45, 7) is 3.67. The second-order valence-corrected chi connectivity index (χ2v) is 6.01. The second-order valence-electron chi connectivity index (χ2n) is 6.01. The van der Waals surface area contributed by atoms with Gasteiger partial charge in [0, 0.05) is 19.0 Å². The van der Waals surface area contributed by atoms with Crippen LogP contribution < -0.4 is 0 Å². The number of likely N-dealkylation sites (tertiary alicyclic amines) is 1. The number of halogens is 1. The highest BCUT2D eigenvalue weighted by atomic mass is 19.1. The summed E-state index contributed by atoms with van der Waals surface area (Å²) in [4.78, 5) is 25.8. The van der Waals surface area contributed by atoms with E-state index in [1.54, 1.807) is 26.0 Å². The number of carboxylic acid groups (broad SMARTS) is 1. The van der Waals surface area contributed by atoms with Crippen LogP contribution in [0.3, 0.4) is 0 Å². The van der Waals surface area contributed by atoms with Crippen molar-refractivity contribution in [3.63, 3.8) is 0 Å². The number of aliphatic carboxylic acids is 1. The Kier molecular flexibility index (Phi) is 4.09. The Hall–Kier alpha value is -2.70. The van der Waals surface area contributed by atoms with Crippen LogP contribution in [0.15, 0.2) is 28.8 Å². The van der Waals surface area contributed by atoms with Crippen molar-refractivity contribution in [2.45, 2.75) is 19.8 Å². The summed E-state index contributed by atoms with van der Waals surface area (Å²) in [5, 5.41) is 13.3. The number of aryl methyl sites for hydroxylation is 2. The van der Waals surface area contributed by atoms with Gasteiger partial charge in [0.15, 0.2) is 0 Å². The van der Waals surface area contributed by atoms with E-state index < -0.39 is 11.9 Å². The Morgan fingerprint density at radius 3 is 2.46 bits per heavy atom. The van der Waals surface area contributed by atoms with Gasteiger partial charge in [-0.3, -0.25) is 9.59 Å². The van der Waals surface area contributed by atoms with Gasteiger partial charge in [-0.15, -0.1) is 0 Å². The van der Waals surface area contributed by atoms with Gasteiger partial charge in [0.1, 0.15) is 17.1 Å². The Balaban J connectivity index is 1.89. The van der Waals surface area contributed by atoms with E-state index in [0.29, 0.717) is 22.6 Å². The summed E-state index contributed by atoms with van der Waals surface area (Å²) >= 11 is 0. The normalized spacial score (nSPS) is 20.4. The lowest BCUT2D eigenvalue weighted by atomic mass is 9.89. The van der Waals surface area contributed by atoms with Crippen molar-refractivity contribution in [2.24, 2.45) is 5.92 Å². The minimum absolute atomic E-state index is 0.0975. The van der Waals surface area contributed by atoms with E-state index >= 15 is 0 Å². The molecule has 1 saturated heterocycles. The van der Waals surface area contributed by atoms with E-state index in [9.17, 15) is 19.1 Å². The van der Waals surface area contributed by atoms with Crippen LogP contribution in [0, 0.1) is 25.6 Å². The number of amides is 1. The summed E-state index contributed by atoms with van der Waals surface area (Å²) < 4.78 is 18.1. The molecule has 3 rings (SSSR count). The van der Waals surface area contributed by atoms with Crippen molar-refractivity contribution in [1.82, 2.24) is 10.1 Å². The van der Waals surface area contributed by atoms with Gasteiger partial charge in [-0.1, -0.05) is 17.3 Å². The van der Waals surface area contributed by atoms with Crippen LogP contribution in [0.25, 0.3) is 0 Å². The molecule has 2 heterocycles. The van der Waals surface area contributed by atoms with Gasteiger partial charge >= 0.3 is 5.97 Å². The molecule has 1 aromatic carbocycles. The van der Waals surface area contributed by atoms with Gasteiger partial charge < -0.3 is 14.5 Å². The number of hydrogen-bond donors (Lipinski definition) is 1. The Morgan fingerprint density at radius 2 is 1.92 bits per heavy atom. The SMILES string of the molecule is Cc1noc(C)c1C(=O)N1C[C@H](C(=O)O)[C@@H](c2ccc(F)cc2)C1. The maximum Gasteiger partial charge on any atom is 0.308 e. The lowest BCUT2D eigenvalue weighted by molar-refractivity contribution is -0.141. The van der Waals surface area contributed by atoms with Crippen molar-refractivity contribution in [2.75, 3.05) is 13.1 Å². The minimum Gasteiger partial charge on any atom is -0.481 e. The summed E-state index contributed by atoms with van der Waals surface area (Å²) in [6, 6.07) is 5.74. The molecule has 1 fully saturated rings. The fraction of sp³-hybridized carbons (Fsp3) is 0.353. The molecule has 1 aliphatic heterocycles. The van der Waals surface area contributed by atoms with Gasteiger partial charge in [-0.25, -0.2) is 4.39 Å². The first-order valence-corrected chi connectivity index (χ1v) is 7.59. The van der Waals surface area contributed by atoms with Gasteiger partial charge in [0.25, 0.3) is 5.91 Å². The number of carbonyl (C=O) groups is 2. The molecular formula is C17H17FN2O4. The van der Waals surface area contributed by atoms with E-state index in [2.05, 4.69) is 5.16 Å². The highest BCUT2D eigenvalue weighted by Gasteiger charge is 2.41. The number of rotatable bonds is 3. The van der Waals surface area contributed by atoms with Crippen molar-refractivity contribution >= 4 is 11.9 Å². The summed E-state index contributed by atoms with van der Waals surface area (Å²) in [7, 11) is 0. The minimum atomic E-state index is -0.974. The number of hydrogen-bond acceptors (Lipinski definition) is 4. The predicted octanol–water partition coefficient (Wildman–Crippen LogP) is 2.37. The third-order valence-corrected chi connectivity index (χ3v) is 4.47. The lowest BCUT2D eigenvalue weighted by Crippen LogP contribution is -2.30. The van der Waals surface area contributed by atoms with E-state index in [0.717, 1.165) is 0 Å². The summed E-state index contributed by atoms with van der Waals surface area (Å²) in [6.07, 6.45) is 0. The number of carbonyl (C=O) groups excluding carboxylic acids is 1. The van der Waals surface area contributed by atoms with Crippen LogP contribution >= 0.6 is 0 Å². The summed E-state index contributed by atoms with van der Waals surface area (Å²) in [5.74, 6) is -2.35. The van der Waals surface area contributed by atoms with E-state index in [4.69, 9.17) is 4.52 Å². The molecule has 0 radical (unpaired) electrons. The smallest absolute Gasteiger partial charge is 0.308 e. The first-order valence-electron chi connectivity index (χ1n) is 7.59. The first-order chi connectivity index (χ1) is 11.4. The Bertz CT molecular complexity index is 765. The van der Waals surface area contributed by atoms with Crippen LogP contribution in [-0.2, 0) is 4.79 Å². The first kappa shape index (κ1) is 16.2.